The molecule has 0 aliphatic carbocycles. The van der Waals surface area contributed by atoms with E-state index in [1.54, 1.807) is 0 Å². The van der Waals surface area contributed by atoms with E-state index in [0.717, 1.165) is 18.2 Å². The molecule has 0 heterocycles. The molecule has 21 heavy (non-hydrogen) atoms. The monoisotopic (exact) mass is 382 g/mol. The van der Waals surface area contributed by atoms with E-state index < -0.39 is 17.6 Å². The zero-order valence-corrected chi connectivity index (χ0v) is 12.7. The van der Waals surface area contributed by atoms with Gasteiger partial charge in [0.1, 0.15) is 17.3 Å². The highest BCUT2D eigenvalue weighted by atomic mass is 79.9. The second-order valence-electron chi connectivity index (χ2n) is 4.14. The van der Waals surface area contributed by atoms with Gasteiger partial charge >= 0.3 is 6.18 Å². The van der Waals surface area contributed by atoms with E-state index in [1.807, 2.05) is 0 Å². The molecule has 0 atom stereocenters. The van der Waals surface area contributed by atoms with E-state index in [9.17, 15) is 17.6 Å². The number of hydrogen-bond acceptors (Lipinski definition) is 1. The molecule has 1 nitrogen and oxygen atoms in total. The molecule has 0 aliphatic heterocycles. The molecular weight excluding hydrogens is 376 g/mol. The average Bonchev–Trinajstić information content (AvgIpc) is 2.41. The molecular formula is C14H8BrClF4O. The lowest BCUT2D eigenvalue weighted by Crippen LogP contribution is -2.08. The molecule has 7 heteroatoms. The van der Waals surface area contributed by atoms with Crippen LogP contribution >= 0.6 is 27.5 Å². The van der Waals surface area contributed by atoms with Crippen LogP contribution in [0.3, 0.4) is 0 Å². The summed E-state index contributed by atoms with van der Waals surface area (Å²) in [6.45, 7) is 0. The summed E-state index contributed by atoms with van der Waals surface area (Å²) in [5.41, 5.74) is -0.605. The van der Waals surface area contributed by atoms with E-state index in [1.165, 1.54) is 18.2 Å². The van der Waals surface area contributed by atoms with E-state index in [4.69, 9.17) is 16.3 Å². The van der Waals surface area contributed by atoms with Gasteiger partial charge in [-0.05, 0) is 51.8 Å². The Bertz CT molecular complexity index is 658. The largest absolute Gasteiger partial charge is 0.456 e. The van der Waals surface area contributed by atoms with Crippen molar-refractivity contribution in [2.45, 2.75) is 12.1 Å². The molecule has 2 rings (SSSR count). The maximum absolute atomic E-state index is 13.0. The molecule has 0 radical (unpaired) electrons. The molecule has 0 aromatic heterocycles. The fourth-order valence-corrected chi connectivity index (χ4v) is 2.25. The average molecular weight is 384 g/mol. The maximum Gasteiger partial charge on any atom is 0.419 e. The second-order valence-corrected chi connectivity index (χ2v) is 5.26. The zero-order chi connectivity index (χ0) is 15.6. The van der Waals surface area contributed by atoms with Crippen molar-refractivity contribution in [2.24, 2.45) is 0 Å². The van der Waals surface area contributed by atoms with Crippen LogP contribution in [-0.2, 0) is 12.1 Å². The van der Waals surface area contributed by atoms with Crippen molar-refractivity contribution in [1.29, 1.82) is 0 Å². The molecule has 0 aliphatic rings. The summed E-state index contributed by atoms with van der Waals surface area (Å²) in [4.78, 5) is 0. The predicted octanol–water partition coefficient (Wildman–Crippen LogP) is 6.14. The van der Waals surface area contributed by atoms with Gasteiger partial charge in [-0.1, -0.05) is 6.07 Å². The number of halogens is 6. The summed E-state index contributed by atoms with van der Waals surface area (Å²) in [5.74, 6) is -0.851. The molecule has 0 spiro atoms. The van der Waals surface area contributed by atoms with Crippen molar-refractivity contribution >= 4 is 27.5 Å². The van der Waals surface area contributed by atoms with Gasteiger partial charge < -0.3 is 4.74 Å². The number of alkyl halides is 4. The van der Waals surface area contributed by atoms with Gasteiger partial charge in [0.15, 0.2) is 0 Å². The van der Waals surface area contributed by atoms with Crippen molar-refractivity contribution in [2.75, 3.05) is 0 Å². The van der Waals surface area contributed by atoms with E-state index in [0.29, 0.717) is 5.56 Å². The molecule has 0 N–H and O–H groups in total. The Balaban J connectivity index is 2.44. The van der Waals surface area contributed by atoms with Gasteiger partial charge in [0, 0.05) is 5.88 Å². The van der Waals surface area contributed by atoms with Crippen LogP contribution in [-0.4, -0.2) is 0 Å². The van der Waals surface area contributed by atoms with Gasteiger partial charge in [0.25, 0.3) is 0 Å². The minimum atomic E-state index is -4.58. The lowest BCUT2D eigenvalue weighted by molar-refractivity contribution is -0.138. The summed E-state index contributed by atoms with van der Waals surface area (Å²) in [7, 11) is 0. The van der Waals surface area contributed by atoms with Crippen molar-refractivity contribution in [3.05, 3.63) is 57.8 Å². The van der Waals surface area contributed by atoms with Crippen molar-refractivity contribution < 1.29 is 22.3 Å². The van der Waals surface area contributed by atoms with E-state index >= 15 is 0 Å². The highest BCUT2D eigenvalue weighted by molar-refractivity contribution is 9.10. The van der Waals surface area contributed by atoms with Gasteiger partial charge in [-0.25, -0.2) is 4.39 Å². The Kier molecular flexibility index (Phi) is 4.78. The molecule has 0 saturated carbocycles. The number of rotatable bonds is 3. The summed E-state index contributed by atoms with van der Waals surface area (Å²) >= 11 is 8.59. The third-order valence-electron chi connectivity index (χ3n) is 2.62. The molecule has 0 saturated heterocycles. The lowest BCUT2D eigenvalue weighted by atomic mass is 10.1. The van der Waals surface area contributed by atoms with Gasteiger partial charge in [-0.2, -0.15) is 13.2 Å². The van der Waals surface area contributed by atoms with Crippen LogP contribution in [0.15, 0.2) is 40.9 Å². The van der Waals surface area contributed by atoms with Crippen molar-refractivity contribution in [1.82, 2.24) is 0 Å². The standard InChI is InChI=1S/C14H8BrClF4O/c15-11-6-9(17)2-4-13(11)21-12-3-1-8(7-16)5-10(12)14(18,19)20/h1-6H,7H2. The first-order valence-corrected chi connectivity index (χ1v) is 7.03. The SMILES string of the molecule is Fc1ccc(Oc2ccc(CCl)cc2C(F)(F)F)c(Br)c1. The van der Waals surface area contributed by atoms with E-state index in [2.05, 4.69) is 15.9 Å². The Hall–Kier alpha value is -1.27. The third kappa shape index (κ3) is 3.89. The van der Waals surface area contributed by atoms with Crippen molar-refractivity contribution in [3.8, 4) is 11.5 Å². The second kappa shape index (κ2) is 6.23. The summed E-state index contributed by atoms with van der Waals surface area (Å²) < 4.78 is 57.5. The Labute approximate surface area is 131 Å². The minimum Gasteiger partial charge on any atom is -0.456 e. The summed E-state index contributed by atoms with van der Waals surface area (Å²) in [6, 6.07) is 7.01. The van der Waals surface area contributed by atoms with Crippen LogP contribution in [0.1, 0.15) is 11.1 Å². The Morgan fingerprint density at radius 2 is 1.71 bits per heavy atom. The van der Waals surface area contributed by atoms with Gasteiger partial charge in [-0.15, -0.1) is 11.6 Å². The number of benzene rings is 2. The first kappa shape index (κ1) is 16.1. The lowest BCUT2D eigenvalue weighted by Gasteiger charge is -2.15. The first-order valence-electron chi connectivity index (χ1n) is 5.70. The Morgan fingerprint density at radius 3 is 2.29 bits per heavy atom. The van der Waals surface area contributed by atoms with Crippen LogP contribution in [0.2, 0.25) is 0 Å². The highest BCUT2D eigenvalue weighted by Crippen LogP contribution is 2.40. The molecule has 2 aromatic rings. The van der Waals surface area contributed by atoms with Crippen LogP contribution in [0.4, 0.5) is 17.6 Å². The van der Waals surface area contributed by atoms with Crippen LogP contribution in [0, 0.1) is 5.82 Å². The molecule has 0 unspecified atom stereocenters. The number of ether oxygens (including phenoxy) is 1. The number of hydrogen-bond donors (Lipinski definition) is 0. The van der Waals surface area contributed by atoms with Crippen molar-refractivity contribution in [3.63, 3.8) is 0 Å². The molecule has 2 aromatic carbocycles. The normalized spacial score (nSPS) is 11.5. The van der Waals surface area contributed by atoms with Crippen LogP contribution in [0.25, 0.3) is 0 Å². The fourth-order valence-electron chi connectivity index (χ4n) is 1.65. The summed E-state index contributed by atoms with van der Waals surface area (Å²) in [5, 5.41) is 0. The van der Waals surface area contributed by atoms with E-state index in [-0.39, 0.29) is 21.9 Å². The molecule has 112 valence electrons. The van der Waals surface area contributed by atoms with Gasteiger partial charge in [0.05, 0.1) is 10.0 Å². The van der Waals surface area contributed by atoms with Gasteiger partial charge in [0.2, 0.25) is 0 Å². The quantitative estimate of drug-likeness (QED) is 0.457. The topological polar surface area (TPSA) is 9.23 Å². The summed E-state index contributed by atoms with van der Waals surface area (Å²) in [6.07, 6.45) is -4.58. The maximum atomic E-state index is 13.0. The van der Waals surface area contributed by atoms with Gasteiger partial charge in [-0.3, -0.25) is 0 Å². The smallest absolute Gasteiger partial charge is 0.419 e. The van der Waals surface area contributed by atoms with Crippen LogP contribution in [0.5, 0.6) is 11.5 Å². The molecule has 0 amide bonds. The first-order chi connectivity index (χ1) is 9.81. The Morgan fingerprint density at radius 1 is 1.05 bits per heavy atom. The minimum absolute atomic E-state index is 0.0381. The third-order valence-corrected chi connectivity index (χ3v) is 3.55. The molecule has 0 bridgehead atoms. The highest BCUT2D eigenvalue weighted by Gasteiger charge is 2.35. The zero-order valence-electron chi connectivity index (χ0n) is 10.3. The van der Waals surface area contributed by atoms with Crippen LogP contribution < -0.4 is 4.74 Å². The fraction of sp³-hybridized carbons (Fsp3) is 0.143. The molecule has 0 fully saturated rings. The predicted molar refractivity (Wildman–Crippen MR) is 75.2 cm³/mol.